The Bertz CT molecular complexity index is 820. The monoisotopic (exact) mass is 569 g/mol. The topological polar surface area (TPSA) is 105 Å². The first-order chi connectivity index (χ1) is 14.4. The van der Waals surface area contributed by atoms with Gasteiger partial charge in [-0.2, -0.15) is 4.31 Å². The summed E-state index contributed by atoms with van der Waals surface area (Å²) < 4.78 is 34.2. The van der Waals surface area contributed by atoms with E-state index in [0.717, 1.165) is 37.0 Å². The zero-order chi connectivity index (χ0) is 21.6. The number of sulfonamides is 1. The van der Waals surface area contributed by atoms with Crippen molar-refractivity contribution in [3.63, 3.8) is 0 Å². The van der Waals surface area contributed by atoms with Gasteiger partial charge in [0.05, 0.1) is 25.0 Å². The molecule has 12 heteroatoms. The van der Waals surface area contributed by atoms with Crippen LogP contribution in [-0.4, -0.2) is 90.0 Å². The molecule has 0 amide bonds. The fourth-order valence-corrected chi connectivity index (χ4v) is 5.15. The van der Waals surface area contributed by atoms with Crippen LogP contribution >= 0.6 is 24.0 Å². The summed E-state index contributed by atoms with van der Waals surface area (Å²) in [5.74, 6) is 2.79. The number of piperazine rings is 1. The summed E-state index contributed by atoms with van der Waals surface area (Å²) in [6.07, 6.45) is 4.58. The van der Waals surface area contributed by atoms with Crippen molar-refractivity contribution in [1.82, 2.24) is 29.3 Å². The molecule has 1 fully saturated rings. The molecule has 31 heavy (non-hydrogen) atoms. The molecule has 1 N–H and O–H groups in total. The van der Waals surface area contributed by atoms with Crippen LogP contribution in [0, 0.1) is 0 Å². The summed E-state index contributed by atoms with van der Waals surface area (Å²) in [5.41, 5.74) is 0. The normalized spacial score (nSPS) is 18.5. The van der Waals surface area contributed by atoms with Crippen molar-refractivity contribution < 1.29 is 13.2 Å². The number of guanidine groups is 1. The van der Waals surface area contributed by atoms with Crippen molar-refractivity contribution in [1.29, 1.82) is 0 Å². The molecule has 1 aromatic heterocycles. The minimum Gasteiger partial charge on any atom is -0.378 e. The van der Waals surface area contributed by atoms with E-state index in [1.807, 2.05) is 13.8 Å². The van der Waals surface area contributed by atoms with Gasteiger partial charge in [-0.1, -0.05) is 6.42 Å². The summed E-state index contributed by atoms with van der Waals surface area (Å²) in [4.78, 5) is 6.48. The highest BCUT2D eigenvalue weighted by Crippen LogP contribution is 2.14. The Morgan fingerprint density at radius 2 is 1.87 bits per heavy atom. The Hall–Kier alpha value is -0.990. The van der Waals surface area contributed by atoms with E-state index < -0.39 is 10.0 Å². The third kappa shape index (κ3) is 7.26. The maximum atomic E-state index is 12.5. The van der Waals surface area contributed by atoms with Crippen LogP contribution in [0.25, 0.3) is 0 Å². The quantitative estimate of drug-likeness (QED) is 0.298. The first kappa shape index (κ1) is 26.3. The number of hydrogen-bond donors (Lipinski definition) is 1. The molecule has 0 radical (unpaired) electrons. The highest BCUT2D eigenvalue weighted by Gasteiger charge is 2.28. The molecule has 0 aliphatic carbocycles. The number of hydrogen-bond acceptors (Lipinski definition) is 6. The Kier molecular flexibility index (Phi) is 10.4. The summed E-state index contributed by atoms with van der Waals surface area (Å²) in [5, 5.41) is 12.1. The van der Waals surface area contributed by atoms with Crippen molar-refractivity contribution >= 4 is 40.0 Å². The predicted octanol–water partition coefficient (Wildman–Crippen LogP) is 1.07. The first-order valence-corrected chi connectivity index (χ1v) is 12.5. The van der Waals surface area contributed by atoms with Crippen LogP contribution in [0.15, 0.2) is 4.99 Å². The average Bonchev–Trinajstić information content (AvgIpc) is 2.94. The number of rotatable bonds is 7. The van der Waals surface area contributed by atoms with Crippen LogP contribution in [0.3, 0.4) is 0 Å². The van der Waals surface area contributed by atoms with E-state index in [9.17, 15) is 8.42 Å². The lowest BCUT2D eigenvalue weighted by Gasteiger charge is -2.35. The van der Waals surface area contributed by atoms with Gasteiger partial charge in [-0.25, -0.2) is 8.42 Å². The van der Waals surface area contributed by atoms with E-state index in [4.69, 9.17) is 4.74 Å². The Morgan fingerprint density at radius 1 is 1.13 bits per heavy atom. The standard InChI is InChI=1S/C19H35N7O3S.HI/c1-16(2)29-13-14-30(27,28)25-11-9-24(10-12-25)19(20-3)21-15-18-23-22-17-7-5-4-6-8-26(17)18;/h16H,4-15H2,1-3H3,(H,20,21);1H. The van der Waals surface area contributed by atoms with E-state index in [-0.39, 0.29) is 42.4 Å². The summed E-state index contributed by atoms with van der Waals surface area (Å²) in [6, 6.07) is 0. The van der Waals surface area contributed by atoms with Gasteiger partial charge in [-0.15, -0.1) is 34.2 Å². The fourth-order valence-electron chi connectivity index (χ4n) is 3.86. The molecular formula is C19H36IN7O3S. The second kappa shape index (κ2) is 12.3. The molecule has 0 atom stereocenters. The number of ether oxygens (including phenoxy) is 1. The molecule has 178 valence electrons. The second-order valence-corrected chi connectivity index (χ2v) is 10.1. The summed E-state index contributed by atoms with van der Waals surface area (Å²) in [6.45, 7) is 7.66. The van der Waals surface area contributed by atoms with Crippen LogP contribution in [0.1, 0.15) is 44.8 Å². The van der Waals surface area contributed by atoms with E-state index in [2.05, 4.69) is 30.0 Å². The maximum Gasteiger partial charge on any atom is 0.216 e. The second-order valence-electron chi connectivity index (χ2n) is 8.02. The highest BCUT2D eigenvalue weighted by atomic mass is 127. The minimum absolute atomic E-state index is 0. The Labute approximate surface area is 202 Å². The van der Waals surface area contributed by atoms with Gasteiger partial charge in [0.2, 0.25) is 10.0 Å². The summed E-state index contributed by atoms with van der Waals surface area (Å²) in [7, 11) is -1.55. The Balaban J connectivity index is 0.00000341. The van der Waals surface area contributed by atoms with Crippen molar-refractivity contribution in [2.24, 2.45) is 4.99 Å². The third-order valence-corrected chi connectivity index (χ3v) is 7.36. The number of aryl methyl sites for hydroxylation is 1. The van der Waals surface area contributed by atoms with Crippen molar-refractivity contribution in [2.45, 2.75) is 58.7 Å². The average molecular weight is 570 g/mol. The zero-order valence-electron chi connectivity index (χ0n) is 18.8. The lowest BCUT2D eigenvalue weighted by atomic mass is 10.2. The van der Waals surface area contributed by atoms with Gasteiger partial charge >= 0.3 is 0 Å². The number of nitrogens with one attached hydrogen (secondary N) is 1. The van der Waals surface area contributed by atoms with Gasteiger partial charge in [-0.3, -0.25) is 4.99 Å². The molecule has 0 aromatic carbocycles. The molecule has 2 aliphatic rings. The summed E-state index contributed by atoms with van der Waals surface area (Å²) >= 11 is 0. The first-order valence-electron chi connectivity index (χ1n) is 10.9. The highest BCUT2D eigenvalue weighted by molar-refractivity contribution is 14.0. The van der Waals surface area contributed by atoms with E-state index in [1.165, 1.54) is 12.8 Å². The Morgan fingerprint density at radius 3 is 2.55 bits per heavy atom. The lowest BCUT2D eigenvalue weighted by Crippen LogP contribution is -2.54. The van der Waals surface area contributed by atoms with E-state index in [0.29, 0.717) is 32.7 Å². The van der Waals surface area contributed by atoms with E-state index in [1.54, 1.807) is 11.4 Å². The number of fused-ring (bicyclic) bond motifs is 1. The number of aromatic nitrogens is 3. The molecule has 10 nitrogen and oxygen atoms in total. The van der Waals surface area contributed by atoms with Crippen molar-refractivity contribution in [2.75, 3.05) is 45.6 Å². The zero-order valence-corrected chi connectivity index (χ0v) is 21.9. The molecule has 0 unspecified atom stereocenters. The van der Waals surface area contributed by atoms with Crippen LogP contribution < -0.4 is 5.32 Å². The number of aliphatic imine (C=N–C) groups is 1. The number of nitrogens with zero attached hydrogens (tertiary/aromatic N) is 6. The lowest BCUT2D eigenvalue weighted by molar-refractivity contribution is 0.0904. The molecule has 1 saturated heterocycles. The van der Waals surface area contributed by atoms with Gasteiger partial charge < -0.3 is 19.5 Å². The van der Waals surface area contributed by atoms with Gasteiger partial charge in [0, 0.05) is 46.2 Å². The molecule has 3 heterocycles. The molecule has 0 bridgehead atoms. The van der Waals surface area contributed by atoms with Gasteiger partial charge in [0.25, 0.3) is 0 Å². The molecular weight excluding hydrogens is 533 g/mol. The van der Waals surface area contributed by atoms with E-state index >= 15 is 0 Å². The minimum atomic E-state index is -3.30. The van der Waals surface area contributed by atoms with Crippen molar-refractivity contribution in [3.8, 4) is 0 Å². The number of halogens is 1. The van der Waals surface area contributed by atoms with Crippen molar-refractivity contribution in [3.05, 3.63) is 11.6 Å². The van der Waals surface area contributed by atoms with Crippen LogP contribution in [0.2, 0.25) is 0 Å². The molecule has 1 aromatic rings. The SMILES string of the molecule is CN=C(NCc1nnc2n1CCCCC2)N1CCN(S(=O)(=O)CCOC(C)C)CC1.I. The third-order valence-electron chi connectivity index (χ3n) is 5.53. The van der Waals surface area contributed by atoms with Crippen LogP contribution in [-0.2, 0) is 34.3 Å². The van der Waals surface area contributed by atoms with Gasteiger partial charge in [-0.05, 0) is 26.7 Å². The van der Waals surface area contributed by atoms with Gasteiger partial charge in [0.15, 0.2) is 11.8 Å². The molecule has 2 aliphatic heterocycles. The predicted molar refractivity (Wildman–Crippen MR) is 131 cm³/mol. The maximum absolute atomic E-state index is 12.5. The van der Waals surface area contributed by atoms with Crippen LogP contribution in [0.5, 0.6) is 0 Å². The van der Waals surface area contributed by atoms with Gasteiger partial charge in [0.1, 0.15) is 5.82 Å². The molecule has 0 spiro atoms. The van der Waals surface area contributed by atoms with Crippen LogP contribution in [0.4, 0.5) is 0 Å². The molecule has 0 saturated carbocycles. The fraction of sp³-hybridized carbons (Fsp3) is 0.842. The largest absolute Gasteiger partial charge is 0.378 e. The molecule has 3 rings (SSSR count). The smallest absolute Gasteiger partial charge is 0.216 e.